The van der Waals surface area contributed by atoms with Crippen molar-refractivity contribution in [2.45, 2.75) is 26.3 Å². The molecule has 0 spiro atoms. The molecule has 0 fully saturated rings. The lowest BCUT2D eigenvalue weighted by atomic mass is 10.0. The van der Waals surface area contributed by atoms with Gasteiger partial charge in [0.1, 0.15) is 6.54 Å². The largest absolute Gasteiger partial charge is 0.327 e. The van der Waals surface area contributed by atoms with Gasteiger partial charge < -0.3 is 10.2 Å². The SMILES string of the molecule is CCC(C)N(CC(=O)Nc1nccs1)C(=O)c1ccc(-c2ccccc2)cc1. The molecule has 0 aliphatic heterocycles. The Labute approximate surface area is 169 Å². The quantitative estimate of drug-likeness (QED) is 0.633. The van der Waals surface area contributed by atoms with E-state index in [2.05, 4.69) is 10.3 Å². The molecule has 144 valence electrons. The number of benzene rings is 2. The van der Waals surface area contributed by atoms with Crippen molar-refractivity contribution in [3.8, 4) is 11.1 Å². The van der Waals surface area contributed by atoms with Crippen molar-refractivity contribution >= 4 is 28.3 Å². The summed E-state index contributed by atoms with van der Waals surface area (Å²) in [5.41, 5.74) is 2.72. The number of anilines is 1. The van der Waals surface area contributed by atoms with E-state index in [-0.39, 0.29) is 24.4 Å². The molecule has 0 aliphatic carbocycles. The fraction of sp³-hybridized carbons (Fsp3) is 0.227. The van der Waals surface area contributed by atoms with Gasteiger partial charge in [0, 0.05) is 23.2 Å². The normalized spacial score (nSPS) is 11.6. The topological polar surface area (TPSA) is 62.3 Å². The van der Waals surface area contributed by atoms with Crippen LogP contribution in [0.3, 0.4) is 0 Å². The van der Waals surface area contributed by atoms with E-state index in [9.17, 15) is 9.59 Å². The second-order valence-electron chi connectivity index (χ2n) is 6.52. The second kappa shape index (κ2) is 9.28. The van der Waals surface area contributed by atoms with Gasteiger partial charge >= 0.3 is 0 Å². The van der Waals surface area contributed by atoms with Gasteiger partial charge in [-0.05, 0) is 36.6 Å². The molecular formula is C22H23N3O2S. The number of rotatable bonds is 7. The lowest BCUT2D eigenvalue weighted by Crippen LogP contribution is -2.43. The minimum Gasteiger partial charge on any atom is -0.327 e. The van der Waals surface area contributed by atoms with Gasteiger partial charge in [-0.2, -0.15) is 0 Å². The van der Waals surface area contributed by atoms with Crippen LogP contribution in [0.2, 0.25) is 0 Å². The highest BCUT2D eigenvalue weighted by Crippen LogP contribution is 2.20. The number of nitrogens with one attached hydrogen (secondary N) is 1. The number of nitrogens with zero attached hydrogens (tertiary/aromatic N) is 2. The molecule has 3 rings (SSSR count). The Balaban J connectivity index is 1.74. The maximum Gasteiger partial charge on any atom is 0.254 e. The molecule has 1 N–H and O–H groups in total. The zero-order chi connectivity index (χ0) is 19.9. The fourth-order valence-electron chi connectivity index (χ4n) is 2.85. The van der Waals surface area contributed by atoms with Gasteiger partial charge in [0.2, 0.25) is 5.91 Å². The summed E-state index contributed by atoms with van der Waals surface area (Å²) in [5.74, 6) is -0.396. The van der Waals surface area contributed by atoms with Crippen molar-refractivity contribution in [1.29, 1.82) is 0 Å². The van der Waals surface area contributed by atoms with Crippen LogP contribution in [0.4, 0.5) is 5.13 Å². The first-order valence-corrected chi connectivity index (χ1v) is 10.1. The monoisotopic (exact) mass is 393 g/mol. The number of hydrogen-bond acceptors (Lipinski definition) is 4. The van der Waals surface area contributed by atoms with Crippen LogP contribution in [0.15, 0.2) is 66.2 Å². The van der Waals surface area contributed by atoms with Gasteiger partial charge in [-0.3, -0.25) is 9.59 Å². The number of thiazole rings is 1. The summed E-state index contributed by atoms with van der Waals surface area (Å²) < 4.78 is 0. The predicted molar refractivity (Wildman–Crippen MR) is 113 cm³/mol. The molecule has 0 bridgehead atoms. The van der Waals surface area contributed by atoms with E-state index < -0.39 is 0 Å². The highest BCUT2D eigenvalue weighted by Gasteiger charge is 2.23. The smallest absolute Gasteiger partial charge is 0.254 e. The Morgan fingerprint density at radius 1 is 1.07 bits per heavy atom. The summed E-state index contributed by atoms with van der Waals surface area (Å²) in [6.45, 7) is 3.95. The molecule has 0 saturated heterocycles. The minimum absolute atomic E-state index is 0.00609. The second-order valence-corrected chi connectivity index (χ2v) is 7.41. The van der Waals surface area contributed by atoms with E-state index in [1.165, 1.54) is 11.3 Å². The van der Waals surface area contributed by atoms with Gasteiger partial charge in [-0.25, -0.2) is 4.98 Å². The molecule has 0 aliphatic rings. The van der Waals surface area contributed by atoms with Crippen LogP contribution in [0, 0.1) is 0 Å². The zero-order valence-electron chi connectivity index (χ0n) is 16.0. The van der Waals surface area contributed by atoms with Crippen molar-refractivity contribution in [3.05, 3.63) is 71.7 Å². The number of amides is 2. The van der Waals surface area contributed by atoms with Gasteiger partial charge in [0.25, 0.3) is 5.91 Å². The molecule has 28 heavy (non-hydrogen) atoms. The zero-order valence-corrected chi connectivity index (χ0v) is 16.8. The number of carbonyl (C=O) groups is 2. The molecule has 1 unspecified atom stereocenters. The van der Waals surface area contributed by atoms with Crippen LogP contribution in [-0.2, 0) is 4.79 Å². The first kappa shape index (κ1) is 19.8. The number of hydrogen-bond donors (Lipinski definition) is 1. The highest BCUT2D eigenvalue weighted by molar-refractivity contribution is 7.13. The maximum atomic E-state index is 13.1. The van der Waals surface area contributed by atoms with Gasteiger partial charge in [0.05, 0.1) is 0 Å². The third-order valence-electron chi connectivity index (χ3n) is 4.62. The lowest BCUT2D eigenvalue weighted by molar-refractivity contribution is -0.117. The molecule has 1 aromatic heterocycles. The van der Waals surface area contributed by atoms with Gasteiger partial charge in [-0.1, -0.05) is 49.4 Å². The molecule has 3 aromatic rings. The van der Waals surface area contributed by atoms with Crippen molar-refractivity contribution < 1.29 is 9.59 Å². The van der Waals surface area contributed by atoms with E-state index >= 15 is 0 Å². The van der Waals surface area contributed by atoms with Gasteiger partial charge in [-0.15, -0.1) is 11.3 Å². The predicted octanol–water partition coefficient (Wildman–Crippen LogP) is 4.69. The lowest BCUT2D eigenvalue weighted by Gasteiger charge is -2.28. The first-order valence-electron chi connectivity index (χ1n) is 9.24. The Bertz CT molecular complexity index is 909. The van der Waals surface area contributed by atoms with Crippen molar-refractivity contribution in [1.82, 2.24) is 9.88 Å². The van der Waals surface area contributed by atoms with E-state index in [4.69, 9.17) is 0 Å². The van der Waals surface area contributed by atoms with Crippen LogP contribution in [0.5, 0.6) is 0 Å². The molecule has 0 radical (unpaired) electrons. The first-order chi connectivity index (χ1) is 13.6. The standard InChI is InChI=1S/C22H23N3O2S/c1-3-16(2)25(15-20(26)24-22-23-13-14-28-22)21(27)19-11-9-18(10-12-19)17-7-5-4-6-8-17/h4-14,16H,3,15H2,1-2H3,(H,23,24,26). The van der Waals surface area contributed by atoms with Crippen molar-refractivity contribution in [2.75, 3.05) is 11.9 Å². The molecule has 2 aromatic carbocycles. The molecule has 5 nitrogen and oxygen atoms in total. The molecule has 2 amide bonds. The van der Waals surface area contributed by atoms with Crippen LogP contribution in [0.1, 0.15) is 30.6 Å². The molecular weight excluding hydrogens is 370 g/mol. The molecule has 0 saturated carbocycles. The Morgan fingerprint density at radius 2 is 1.75 bits per heavy atom. The van der Waals surface area contributed by atoms with E-state index in [1.807, 2.05) is 68.4 Å². The summed E-state index contributed by atoms with van der Waals surface area (Å²) in [7, 11) is 0. The Kier molecular flexibility index (Phi) is 6.55. The average molecular weight is 394 g/mol. The summed E-state index contributed by atoms with van der Waals surface area (Å²) in [6, 6.07) is 17.5. The number of carbonyl (C=O) groups excluding carboxylic acids is 2. The minimum atomic E-state index is -0.246. The summed E-state index contributed by atoms with van der Waals surface area (Å²) >= 11 is 1.35. The molecule has 1 heterocycles. The maximum absolute atomic E-state index is 13.1. The summed E-state index contributed by atoms with van der Waals surface area (Å²) in [6.07, 6.45) is 2.39. The molecule has 6 heteroatoms. The summed E-state index contributed by atoms with van der Waals surface area (Å²) in [4.78, 5) is 31.1. The third-order valence-corrected chi connectivity index (χ3v) is 5.30. The van der Waals surface area contributed by atoms with Crippen LogP contribution >= 0.6 is 11.3 Å². The van der Waals surface area contributed by atoms with Gasteiger partial charge in [0.15, 0.2) is 5.13 Å². The van der Waals surface area contributed by atoms with E-state index in [0.717, 1.165) is 17.5 Å². The fourth-order valence-corrected chi connectivity index (χ4v) is 3.39. The van der Waals surface area contributed by atoms with E-state index in [1.54, 1.807) is 16.5 Å². The van der Waals surface area contributed by atoms with Crippen molar-refractivity contribution in [3.63, 3.8) is 0 Å². The Hall–Kier alpha value is -2.99. The van der Waals surface area contributed by atoms with Crippen LogP contribution in [0.25, 0.3) is 11.1 Å². The Morgan fingerprint density at radius 3 is 2.36 bits per heavy atom. The molecule has 1 atom stereocenters. The summed E-state index contributed by atoms with van der Waals surface area (Å²) in [5, 5.41) is 5.07. The number of aromatic nitrogens is 1. The third kappa shape index (κ3) is 4.84. The highest BCUT2D eigenvalue weighted by atomic mass is 32.1. The van der Waals surface area contributed by atoms with Crippen molar-refractivity contribution in [2.24, 2.45) is 0 Å². The average Bonchev–Trinajstić information content (AvgIpc) is 3.24. The van der Waals surface area contributed by atoms with E-state index in [0.29, 0.717) is 10.7 Å². The van der Waals surface area contributed by atoms with Crippen LogP contribution < -0.4 is 5.32 Å². The van der Waals surface area contributed by atoms with Crippen LogP contribution in [-0.4, -0.2) is 34.3 Å².